The molecule has 0 saturated heterocycles. The van der Waals surface area contributed by atoms with Crippen molar-refractivity contribution in [2.24, 2.45) is 5.16 Å². The molecule has 0 aromatic heterocycles. The smallest absolute Gasteiger partial charge is 0.0973 e. The quantitative estimate of drug-likeness (QED) is 0.371. The molecule has 12 heavy (non-hydrogen) atoms. The minimum atomic E-state index is 0.519. The zero-order valence-corrected chi connectivity index (χ0v) is 8.51. The third kappa shape index (κ3) is 2.22. The van der Waals surface area contributed by atoms with Crippen LogP contribution in [0.25, 0.3) is 0 Å². The van der Waals surface area contributed by atoms with Crippen LogP contribution in [0.5, 0.6) is 0 Å². The van der Waals surface area contributed by atoms with Crippen molar-refractivity contribution in [3.8, 4) is 0 Å². The largest absolute Gasteiger partial charge is 0.411 e. The van der Waals surface area contributed by atoms with Crippen molar-refractivity contribution in [1.29, 1.82) is 0 Å². The molecule has 1 aromatic rings. The average molecular weight is 249 g/mol. The fourth-order valence-electron chi connectivity index (χ4n) is 0.804. The first-order valence-electron chi connectivity index (χ1n) is 3.30. The summed E-state index contributed by atoms with van der Waals surface area (Å²) in [5, 5.41) is 12.9. The number of hydrogen-bond acceptors (Lipinski definition) is 2. The summed E-state index contributed by atoms with van der Waals surface area (Å²) in [6.07, 6.45) is 0. The zero-order chi connectivity index (χ0) is 8.97. The summed E-state index contributed by atoms with van der Waals surface area (Å²) in [7, 11) is 0. The molecule has 0 unspecified atom stereocenters. The summed E-state index contributed by atoms with van der Waals surface area (Å²) in [4.78, 5) is 0. The van der Waals surface area contributed by atoms with Crippen molar-refractivity contribution < 1.29 is 5.21 Å². The summed E-state index contributed by atoms with van der Waals surface area (Å²) in [5.74, 6) is 0. The first-order valence-corrected chi connectivity index (χ1v) is 4.80. The molecule has 1 rings (SSSR count). The van der Waals surface area contributed by atoms with E-state index >= 15 is 0 Å². The first kappa shape index (κ1) is 9.55. The van der Waals surface area contributed by atoms with E-state index in [0.717, 1.165) is 5.56 Å². The third-order valence-electron chi connectivity index (χ3n) is 1.42. The normalized spacial score (nSPS) is 11.7. The molecule has 0 aliphatic heterocycles. The van der Waals surface area contributed by atoms with Gasteiger partial charge in [-0.05, 0) is 12.1 Å². The lowest BCUT2D eigenvalue weighted by Gasteiger charge is -1.99. The van der Waals surface area contributed by atoms with Crippen LogP contribution in [0.1, 0.15) is 5.56 Å². The highest BCUT2D eigenvalue weighted by Gasteiger charge is 2.00. The SMILES string of the molecule is ON=C(CBr)c1ccc(Cl)cc1. The summed E-state index contributed by atoms with van der Waals surface area (Å²) in [6.45, 7) is 0. The maximum absolute atomic E-state index is 8.57. The van der Waals surface area contributed by atoms with Gasteiger partial charge in [-0.1, -0.05) is 44.8 Å². The van der Waals surface area contributed by atoms with Crippen LogP contribution < -0.4 is 0 Å². The van der Waals surface area contributed by atoms with Crippen molar-refractivity contribution >= 4 is 33.2 Å². The van der Waals surface area contributed by atoms with Gasteiger partial charge in [0.15, 0.2) is 0 Å². The van der Waals surface area contributed by atoms with Gasteiger partial charge >= 0.3 is 0 Å². The van der Waals surface area contributed by atoms with Crippen LogP contribution in [0, 0.1) is 0 Å². The van der Waals surface area contributed by atoms with E-state index in [2.05, 4.69) is 21.1 Å². The molecule has 0 atom stereocenters. The number of oxime groups is 1. The lowest BCUT2D eigenvalue weighted by atomic mass is 10.1. The lowest BCUT2D eigenvalue weighted by Crippen LogP contribution is -2.01. The number of halogens is 2. The maximum Gasteiger partial charge on any atom is 0.0973 e. The molecule has 0 amide bonds. The van der Waals surface area contributed by atoms with Crippen LogP contribution in [-0.4, -0.2) is 16.2 Å². The Morgan fingerprint density at radius 2 is 2.00 bits per heavy atom. The molecule has 0 saturated carbocycles. The summed E-state index contributed by atoms with van der Waals surface area (Å²) >= 11 is 8.90. The van der Waals surface area contributed by atoms with Gasteiger partial charge in [-0.2, -0.15) is 0 Å². The Kier molecular flexibility index (Phi) is 3.56. The second-order valence-corrected chi connectivity index (χ2v) is 3.18. The Hall–Kier alpha value is -0.540. The Balaban J connectivity index is 2.96. The summed E-state index contributed by atoms with van der Waals surface area (Å²) in [5.41, 5.74) is 1.45. The van der Waals surface area contributed by atoms with Gasteiger partial charge in [0.1, 0.15) is 0 Å². The van der Waals surface area contributed by atoms with Gasteiger partial charge in [0.05, 0.1) is 5.71 Å². The van der Waals surface area contributed by atoms with Gasteiger partial charge in [0, 0.05) is 15.9 Å². The predicted molar refractivity (Wildman–Crippen MR) is 53.6 cm³/mol. The van der Waals surface area contributed by atoms with Crippen LogP contribution in [0.3, 0.4) is 0 Å². The van der Waals surface area contributed by atoms with Crippen molar-refractivity contribution in [2.75, 3.05) is 5.33 Å². The second-order valence-electron chi connectivity index (χ2n) is 2.19. The van der Waals surface area contributed by atoms with E-state index in [0.29, 0.717) is 16.1 Å². The molecule has 0 heterocycles. The minimum absolute atomic E-state index is 0.519. The third-order valence-corrected chi connectivity index (χ3v) is 2.21. The molecule has 2 nitrogen and oxygen atoms in total. The summed E-state index contributed by atoms with van der Waals surface area (Å²) < 4.78 is 0. The number of rotatable bonds is 2. The van der Waals surface area contributed by atoms with Gasteiger partial charge < -0.3 is 5.21 Å². The van der Waals surface area contributed by atoms with E-state index in [1.54, 1.807) is 24.3 Å². The number of hydrogen-bond donors (Lipinski definition) is 1. The van der Waals surface area contributed by atoms with Gasteiger partial charge in [0.25, 0.3) is 0 Å². The van der Waals surface area contributed by atoms with E-state index in [9.17, 15) is 0 Å². The number of nitrogens with zero attached hydrogens (tertiary/aromatic N) is 1. The van der Waals surface area contributed by atoms with Crippen LogP contribution in [0.2, 0.25) is 5.02 Å². The highest BCUT2D eigenvalue weighted by molar-refractivity contribution is 9.09. The van der Waals surface area contributed by atoms with E-state index in [-0.39, 0.29) is 0 Å². The molecule has 0 bridgehead atoms. The monoisotopic (exact) mass is 247 g/mol. The fraction of sp³-hybridized carbons (Fsp3) is 0.125. The van der Waals surface area contributed by atoms with Crippen LogP contribution in [0.15, 0.2) is 29.4 Å². The van der Waals surface area contributed by atoms with E-state index in [1.807, 2.05) is 0 Å². The van der Waals surface area contributed by atoms with Crippen molar-refractivity contribution in [2.45, 2.75) is 0 Å². The first-order chi connectivity index (χ1) is 5.77. The zero-order valence-electron chi connectivity index (χ0n) is 6.17. The van der Waals surface area contributed by atoms with E-state index in [1.165, 1.54) is 0 Å². The minimum Gasteiger partial charge on any atom is -0.411 e. The van der Waals surface area contributed by atoms with E-state index < -0.39 is 0 Å². The van der Waals surface area contributed by atoms with Gasteiger partial charge in [-0.25, -0.2) is 0 Å². The molecular weight excluding hydrogens is 241 g/mol. The molecule has 1 aromatic carbocycles. The van der Waals surface area contributed by atoms with Crippen LogP contribution in [0.4, 0.5) is 0 Å². The molecular formula is C8H7BrClNO. The molecule has 0 fully saturated rings. The van der Waals surface area contributed by atoms with Gasteiger partial charge in [-0.15, -0.1) is 0 Å². The van der Waals surface area contributed by atoms with Gasteiger partial charge in [-0.3, -0.25) is 0 Å². The van der Waals surface area contributed by atoms with E-state index in [4.69, 9.17) is 16.8 Å². The number of alkyl halides is 1. The molecule has 0 radical (unpaired) electrons. The highest BCUT2D eigenvalue weighted by atomic mass is 79.9. The standard InChI is InChI=1S/C8H7BrClNO/c9-5-8(11-12)6-1-3-7(10)4-2-6/h1-4,12H,5H2. The average Bonchev–Trinajstić information content (AvgIpc) is 2.10. The molecule has 4 heteroatoms. The topological polar surface area (TPSA) is 32.6 Å². The molecule has 1 N–H and O–H groups in total. The van der Waals surface area contributed by atoms with Crippen molar-refractivity contribution in [3.63, 3.8) is 0 Å². The van der Waals surface area contributed by atoms with Crippen LogP contribution >= 0.6 is 27.5 Å². The summed E-state index contributed by atoms with van der Waals surface area (Å²) in [6, 6.07) is 7.12. The maximum atomic E-state index is 8.57. The number of benzene rings is 1. The molecule has 64 valence electrons. The molecule has 0 aliphatic carbocycles. The Morgan fingerprint density at radius 3 is 2.42 bits per heavy atom. The molecule has 0 aliphatic rings. The second kappa shape index (κ2) is 4.48. The van der Waals surface area contributed by atoms with Crippen molar-refractivity contribution in [1.82, 2.24) is 0 Å². The Morgan fingerprint density at radius 1 is 1.42 bits per heavy atom. The van der Waals surface area contributed by atoms with Crippen LogP contribution in [-0.2, 0) is 0 Å². The van der Waals surface area contributed by atoms with Crippen molar-refractivity contribution in [3.05, 3.63) is 34.9 Å². The lowest BCUT2D eigenvalue weighted by molar-refractivity contribution is 0.319. The predicted octanol–water partition coefficient (Wildman–Crippen LogP) is 2.91. The Bertz CT molecular complexity index is 284. The fourth-order valence-corrected chi connectivity index (χ4v) is 1.37. The highest BCUT2D eigenvalue weighted by Crippen LogP contribution is 2.11. The van der Waals surface area contributed by atoms with Gasteiger partial charge in [0.2, 0.25) is 0 Å². The molecule has 0 spiro atoms. The Labute approximate surface area is 84.0 Å².